The second-order valence-corrected chi connectivity index (χ2v) is 7.91. The van der Waals surface area contributed by atoms with Crippen LogP contribution in [0.3, 0.4) is 0 Å². The van der Waals surface area contributed by atoms with Crippen LogP contribution in [0.1, 0.15) is 22.1 Å². The van der Waals surface area contributed by atoms with Crippen molar-refractivity contribution in [3.63, 3.8) is 0 Å². The molecule has 0 bridgehead atoms. The smallest absolute Gasteiger partial charge is 0.121 e. The number of ether oxygens (including phenoxy) is 2. The highest BCUT2D eigenvalue weighted by molar-refractivity contribution is 7.16. The van der Waals surface area contributed by atoms with E-state index >= 15 is 0 Å². The molecular weight excluding hydrogens is 380 g/mol. The molecule has 1 aromatic heterocycles. The van der Waals surface area contributed by atoms with Gasteiger partial charge in [-0.15, -0.1) is 11.3 Å². The molecule has 26 heavy (non-hydrogen) atoms. The molecular formula is C18H21ClO6S. The lowest BCUT2D eigenvalue weighted by Gasteiger charge is -2.39. The number of benzene rings is 1. The summed E-state index contributed by atoms with van der Waals surface area (Å²) in [5.41, 5.74) is 1.92. The Labute approximate surface area is 160 Å². The number of rotatable bonds is 5. The van der Waals surface area contributed by atoms with Crippen molar-refractivity contribution in [3.8, 4) is 5.75 Å². The van der Waals surface area contributed by atoms with Gasteiger partial charge in [0.2, 0.25) is 0 Å². The Morgan fingerprint density at radius 3 is 2.42 bits per heavy atom. The van der Waals surface area contributed by atoms with Gasteiger partial charge in [-0.1, -0.05) is 23.7 Å². The third-order valence-corrected chi connectivity index (χ3v) is 6.00. The average Bonchev–Trinajstić information content (AvgIpc) is 3.01. The predicted molar refractivity (Wildman–Crippen MR) is 97.8 cm³/mol. The van der Waals surface area contributed by atoms with E-state index < -0.39 is 37.1 Å². The fourth-order valence-corrected chi connectivity index (χ4v) is 4.36. The van der Waals surface area contributed by atoms with Crippen molar-refractivity contribution in [3.05, 3.63) is 50.7 Å². The quantitative estimate of drug-likeness (QED) is 0.607. The number of hydrogen-bond donors (Lipinski definition) is 4. The highest BCUT2D eigenvalue weighted by Gasteiger charge is 2.44. The first-order valence-corrected chi connectivity index (χ1v) is 9.35. The summed E-state index contributed by atoms with van der Waals surface area (Å²) in [6, 6.07) is 9.45. The molecule has 1 aromatic carbocycles. The van der Waals surface area contributed by atoms with E-state index in [4.69, 9.17) is 21.1 Å². The van der Waals surface area contributed by atoms with Crippen molar-refractivity contribution in [2.24, 2.45) is 0 Å². The van der Waals surface area contributed by atoms with Crippen molar-refractivity contribution < 1.29 is 29.9 Å². The van der Waals surface area contributed by atoms with E-state index in [1.54, 1.807) is 7.11 Å². The van der Waals surface area contributed by atoms with E-state index in [1.165, 1.54) is 11.3 Å². The molecule has 3 rings (SSSR count). The lowest BCUT2D eigenvalue weighted by molar-refractivity contribution is -0.230. The fourth-order valence-electron chi connectivity index (χ4n) is 2.99. The van der Waals surface area contributed by atoms with Crippen LogP contribution in [0.4, 0.5) is 0 Å². The second-order valence-electron chi connectivity index (χ2n) is 6.22. The molecule has 1 aliphatic heterocycles. The molecule has 5 atom stereocenters. The first-order chi connectivity index (χ1) is 12.4. The zero-order valence-electron chi connectivity index (χ0n) is 14.1. The number of aliphatic hydroxyl groups excluding tert-OH is 4. The number of methoxy groups -OCH3 is 1. The molecule has 5 unspecified atom stereocenters. The van der Waals surface area contributed by atoms with Crippen molar-refractivity contribution in [1.82, 2.24) is 0 Å². The second kappa shape index (κ2) is 8.22. The minimum Gasteiger partial charge on any atom is -0.497 e. The van der Waals surface area contributed by atoms with Crippen LogP contribution in [0.25, 0.3) is 0 Å². The molecule has 0 spiro atoms. The summed E-state index contributed by atoms with van der Waals surface area (Å²) >= 11 is 7.60. The van der Waals surface area contributed by atoms with Crippen LogP contribution in [0.5, 0.6) is 5.75 Å². The van der Waals surface area contributed by atoms with Gasteiger partial charge in [0.15, 0.2) is 0 Å². The van der Waals surface area contributed by atoms with Gasteiger partial charge in [-0.25, -0.2) is 0 Å². The Kier molecular flexibility index (Phi) is 6.19. The van der Waals surface area contributed by atoms with Crippen molar-refractivity contribution in [2.45, 2.75) is 36.9 Å². The van der Waals surface area contributed by atoms with E-state index in [0.29, 0.717) is 15.6 Å². The summed E-state index contributed by atoms with van der Waals surface area (Å²) in [6.07, 6.45) is -5.30. The van der Waals surface area contributed by atoms with Gasteiger partial charge in [-0.2, -0.15) is 0 Å². The average molecular weight is 401 g/mol. The van der Waals surface area contributed by atoms with Gasteiger partial charge >= 0.3 is 0 Å². The van der Waals surface area contributed by atoms with Gasteiger partial charge in [0.25, 0.3) is 0 Å². The molecule has 0 saturated carbocycles. The van der Waals surface area contributed by atoms with Gasteiger partial charge in [-0.3, -0.25) is 0 Å². The van der Waals surface area contributed by atoms with Crippen molar-refractivity contribution in [1.29, 1.82) is 0 Å². The lowest BCUT2D eigenvalue weighted by atomic mass is 9.94. The fraction of sp³-hybridized carbons (Fsp3) is 0.444. The van der Waals surface area contributed by atoms with Crippen molar-refractivity contribution >= 4 is 22.9 Å². The van der Waals surface area contributed by atoms with Crippen LogP contribution in [-0.2, 0) is 11.2 Å². The minimum absolute atomic E-state index is 0.459. The van der Waals surface area contributed by atoms with E-state index in [9.17, 15) is 20.4 Å². The molecule has 0 amide bonds. The monoisotopic (exact) mass is 400 g/mol. The molecule has 0 aliphatic carbocycles. The highest BCUT2D eigenvalue weighted by Crippen LogP contribution is 2.39. The van der Waals surface area contributed by atoms with Crippen LogP contribution in [0, 0.1) is 0 Å². The van der Waals surface area contributed by atoms with E-state index in [-0.39, 0.29) is 0 Å². The maximum atomic E-state index is 10.3. The van der Waals surface area contributed by atoms with E-state index in [2.05, 4.69) is 0 Å². The molecule has 2 heterocycles. The molecule has 1 fully saturated rings. The predicted octanol–water partition coefficient (Wildman–Crippen LogP) is 1.52. The van der Waals surface area contributed by atoms with Crippen LogP contribution in [-0.4, -0.2) is 58.6 Å². The minimum atomic E-state index is -1.41. The first-order valence-electron chi connectivity index (χ1n) is 8.16. The standard InChI is InChI=1S/C18H21ClO6S/c1-24-11-4-2-9(3-5-11)6-10-7-13(26-18(10)19)17-16(23)15(22)14(21)12(8-20)25-17/h2-5,7,12,14-17,20-23H,6,8H2,1H3. The Hall–Kier alpha value is -1.19. The topological polar surface area (TPSA) is 99.4 Å². The summed E-state index contributed by atoms with van der Waals surface area (Å²) in [7, 11) is 1.61. The molecule has 6 nitrogen and oxygen atoms in total. The molecule has 8 heteroatoms. The summed E-state index contributed by atoms with van der Waals surface area (Å²) in [5.74, 6) is 0.771. The first kappa shape index (κ1) is 19.6. The normalized spacial score (nSPS) is 28.9. The van der Waals surface area contributed by atoms with Gasteiger partial charge in [0.1, 0.15) is 36.3 Å². The molecule has 142 valence electrons. The van der Waals surface area contributed by atoms with Gasteiger partial charge < -0.3 is 29.9 Å². The van der Waals surface area contributed by atoms with Crippen LogP contribution in [0.15, 0.2) is 30.3 Å². The number of thiophene rings is 1. The van der Waals surface area contributed by atoms with E-state index in [0.717, 1.165) is 16.9 Å². The summed E-state index contributed by atoms with van der Waals surface area (Å²) < 4.78 is 11.3. The third kappa shape index (κ3) is 3.89. The highest BCUT2D eigenvalue weighted by atomic mass is 35.5. The molecule has 2 aromatic rings. The Morgan fingerprint density at radius 2 is 1.81 bits per heavy atom. The Bertz CT molecular complexity index is 732. The number of hydrogen-bond acceptors (Lipinski definition) is 7. The molecule has 4 N–H and O–H groups in total. The Balaban J connectivity index is 1.80. The van der Waals surface area contributed by atoms with Gasteiger partial charge in [-0.05, 0) is 35.7 Å². The van der Waals surface area contributed by atoms with Crippen LogP contribution >= 0.6 is 22.9 Å². The van der Waals surface area contributed by atoms with E-state index in [1.807, 2.05) is 30.3 Å². The van der Waals surface area contributed by atoms with Crippen molar-refractivity contribution in [2.75, 3.05) is 13.7 Å². The molecule has 1 saturated heterocycles. The third-order valence-electron chi connectivity index (χ3n) is 4.50. The Morgan fingerprint density at radius 1 is 1.12 bits per heavy atom. The largest absolute Gasteiger partial charge is 0.497 e. The maximum absolute atomic E-state index is 10.3. The van der Waals surface area contributed by atoms with Crippen LogP contribution in [0.2, 0.25) is 4.34 Å². The summed E-state index contributed by atoms with van der Waals surface area (Å²) in [6.45, 7) is -0.459. The number of aliphatic hydroxyl groups is 4. The molecule has 0 radical (unpaired) electrons. The van der Waals surface area contributed by atoms with Crippen LogP contribution < -0.4 is 4.74 Å². The van der Waals surface area contributed by atoms with Gasteiger partial charge in [0.05, 0.1) is 18.1 Å². The maximum Gasteiger partial charge on any atom is 0.121 e. The zero-order chi connectivity index (χ0) is 18.8. The number of halogens is 1. The summed E-state index contributed by atoms with van der Waals surface area (Å²) in [4.78, 5) is 0.635. The zero-order valence-corrected chi connectivity index (χ0v) is 15.7. The SMILES string of the molecule is COc1ccc(Cc2cc(C3OC(CO)C(O)C(O)C3O)sc2Cl)cc1. The van der Waals surface area contributed by atoms with Gasteiger partial charge in [0, 0.05) is 4.88 Å². The lowest BCUT2D eigenvalue weighted by Crippen LogP contribution is -2.55. The summed E-state index contributed by atoms with van der Waals surface area (Å²) in [5, 5.41) is 39.4. The molecule has 1 aliphatic rings.